The van der Waals surface area contributed by atoms with Gasteiger partial charge in [0.15, 0.2) is 0 Å². The highest BCUT2D eigenvalue weighted by atomic mass is 16.7. The predicted octanol–water partition coefficient (Wildman–Crippen LogP) is 1.62. The molecule has 1 aromatic carbocycles. The van der Waals surface area contributed by atoms with E-state index in [0.29, 0.717) is 24.4 Å². The molecule has 5 rings (SSSR count). The number of fused-ring (bicyclic) bond motifs is 4. The molecule has 0 spiro atoms. The Morgan fingerprint density at radius 3 is 2.52 bits per heavy atom. The van der Waals surface area contributed by atoms with Gasteiger partial charge in [-0.05, 0) is 82.1 Å². The molecule has 29 heavy (non-hydrogen) atoms. The van der Waals surface area contributed by atoms with E-state index in [1.54, 1.807) is 0 Å². The van der Waals surface area contributed by atoms with Crippen LogP contribution >= 0.6 is 0 Å². The molecule has 4 aliphatic rings. The van der Waals surface area contributed by atoms with Crippen molar-refractivity contribution in [2.75, 3.05) is 0 Å². The van der Waals surface area contributed by atoms with E-state index in [1.807, 2.05) is 18.2 Å². The van der Waals surface area contributed by atoms with Gasteiger partial charge in [0, 0.05) is 11.1 Å². The second-order valence-corrected chi connectivity index (χ2v) is 9.08. The van der Waals surface area contributed by atoms with Crippen LogP contribution in [0.1, 0.15) is 63.0 Å². The first-order chi connectivity index (χ1) is 13.7. The fourth-order valence-corrected chi connectivity index (χ4v) is 4.88. The average Bonchev–Trinajstić information content (AvgIpc) is 2.73. The Labute approximate surface area is 170 Å². The van der Waals surface area contributed by atoms with Crippen molar-refractivity contribution in [2.24, 2.45) is 22.4 Å². The molecule has 3 saturated carbocycles. The lowest BCUT2D eigenvalue weighted by molar-refractivity contribution is -0.179. The minimum atomic E-state index is -1.60. The highest BCUT2D eigenvalue weighted by molar-refractivity contribution is 5.98. The van der Waals surface area contributed by atoms with Crippen LogP contribution in [0.25, 0.3) is 0 Å². The summed E-state index contributed by atoms with van der Waals surface area (Å²) >= 11 is 0. The highest BCUT2D eigenvalue weighted by Crippen LogP contribution is 2.47. The van der Waals surface area contributed by atoms with Gasteiger partial charge in [-0.2, -0.15) is 0 Å². The molecule has 3 fully saturated rings. The maximum Gasteiger partial charge on any atom is 0.341 e. The molecule has 3 aliphatic carbocycles. The predicted molar refractivity (Wildman–Crippen MR) is 109 cm³/mol. The Hall–Kier alpha value is -2.16. The summed E-state index contributed by atoms with van der Waals surface area (Å²) in [5.74, 6) is 5.27. The van der Waals surface area contributed by atoms with Crippen molar-refractivity contribution < 1.29 is 19.5 Å². The summed E-state index contributed by atoms with van der Waals surface area (Å²) in [5, 5.41) is 9.45. The van der Waals surface area contributed by atoms with E-state index in [0.717, 1.165) is 49.7 Å². The first-order valence-electron chi connectivity index (χ1n) is 10.2. The molecule has 0 amide bonds. The smallest absolute Gasteiger partial charge is 0.341 e. The van der Waals surface area contributed by atoms with Crippen molar-refractivity contribution in [1.29, 1.82) is 0 Å². The number of ether oxygens (including phenoxy) is 1. The van der Waals surface area contributed by atoms with Crippen LogP contribution in [0.5, 0.6) is 5.75 Å². The van der Waals surface area contributed by atoms with Crippen LogP contribution in [0.4, 0.5) is 0 Å². The Morgan fingerprint density at radius 2 is 1.93 bits per heavy atom. The third-order valence-corrected chi connectivity index (χ3v) is 7.21. The number of amidine groups is 1. The third-order valence-electron chi connectivity index (χ3n) is 7.21. The molecule has 8 heteroatoms. The topological polar surface area (TPSA) is 146 Å². The van der Waals surface area contributed by atoms with Gasteiger partial charge in [0.05, 0.1) is 5.54 Å². The largest absolute Gasteiger partial charge is 0.486 e. The zero-order chi connectivity index (χ0) is 20.9. The van der Waals surface area contributed by atoms with Gasteiger partial charge in [-0.1, -0.05) is 0 Å². The van der Waals surface area contributed by atoms with Gasteiger partial charge in [-0.25, -0.2) is 10.7 Å². The molecule has 7 N–H and O–H groups in total. The summed E-state index contributed by atoms with van der Waals surface area (Å²) < 4.78 is 5.91. The van der Waals surface area contributed by atoms with Gasteiger partial charge >= 0.3 is 5.97 Å². The molecule has 0 aromatic heterocycles. The number of nitrogens with two attached hydrogens (primary N) is 3. The minimum Gasteiger partial charge on any atom is -0.486 e. The Balaban J connectivity index is 1.53. The standard InChI is InChI=1S/C21H30N4O4/c1-19(29-24,18(26)27)16-5-3-13-12-14(2-4-15(13)28-16)17(22)25-21-9-6-20(23,7-10-21)8-11-21/h2,4,12,16H,3,5-11,23-24H2,1H3,(H2,22,25)(H,26,27)/t16-,19+,20?,21?/m1/s1. The molecule has 0 saturated heterocycles. The van der Waals surface area contributed by atoms with Gasteiger partial charge < -0.3 is 21.3 Å². The maximum atomic E-state index is 11.6. The van der Waals surface area contributed by atoms with Crippen LogP contribution in [0.3, 0.4) is 0 Å². The number of carboxylic acids is 1. The number of rotatable bonds is 5. The Morgan fingerprint density at radius 1 is 1.28 bits per heavy atom. The zero-order valence-electron chi connectivity index (χ0n) is 16.8. The third kappa shape index (κ3) is 3.49. The van der Waals surface area contributed by atoms with Crippen LogP contribution in [-0.2, 0) is 16.1 Å². The molecular weight excluding hydrogens is 372 g/mol. The van der Waals surface area contributed by atoms with Crippen LogP contribution in [0, 0.1) is 0 Å². The van der Waals surface area contributed by atoms with E-state index in [4.69, 9.17) is 31.9 Å². The van der Waals surface area contributed by atoms with E-state index < -0.39 is 17.7 Å². The molecule has 1 aromatic rings. The van der Waals surface area contributed by atoms with E-state index in [9.17, 15) is 9.90 Å². The number of aliphatic imine (C=N–C) groups is 1. The molecule has 158 valence electrons. The number of benzene rings is 1. The number of carboxylic acid groups (broad SMARTS) is 1. The maximum absolute atomic E-state index is 11.6. The Bertz CT molecular complexity index is 831. The van der Waals surface area contributed by atoms with Crippen molar-refractivity contribution in [3.05, 3.63) is 29.3 Å². The summed E-state index contributed by atoms with van der Waals surface area (Å²) in [6, 6.07) is 5.68. The first kappa shape index (κ1) is 20.1. The van der Waals surface area contributed by atoms with Crippen molar-refractivity contribution in [3.8, 4) is 5.75 Å². The summed E-state index contributed by atoms with van der Waals surface area (Å²) in [7, 11) is 0. The zero-order valence-corrected chi connectivity index (χ0v) is 16.8. The van der Waals surface area contributed by atoms with Crippen molar-refractivity contribution in [1.82, 2.24) is 0 Å². The van der Waals surface area contributed by atoms with Crippen LogP contribution in [0.2, 0.25) is 0 Å². The molecular formula is C21H30N4O4. The first-order valence-corrected chi connectivity index (χ1v) is 10.2. The molecule has 1 aliphatic heterocycles. The van der Waals surface area contributed by atoms with Crippen LogP contribution in [0.15, 0.2) is 23.2 Å². The molecule has 1 heterocycles. The second kappa shape index (κ2) is 6.97. The number of hydrogen-bond acceptors (Lipinski definition) is 6. The lowest BCUT2D eigenvalue weighted by Crippen LogP contribution is -2.54. The van der Waals surface area contributed by atoms with Gasteiger partial charge in [-0.3, -0.25) is 9.83 Å². The lowest BCUT2D eigenvalue weighted by Gasteiger charge is -2.49. The molecule has 2 bridgehead atoms. The SMILES string of the molecule is C[C@@](ON)(C(=O)O)[C@H]1CCc2cc(C(N)=NC34CCC(N)(CC3)CC4)ccc2O1. The number of aliphatic carboxylic acids is 1. The fraction of sp³-hybridized carbons (Fsp3) is 0.619. The van der Waals surface area contributed by atoms with E-state index in [1.165, 1.54) is 6.92 Å². The summed E-state index contributed by atoms with van der Waals surface area (Å²) in [6.07, 6.45) is 6.46. The van der Waals surface area contributed by atoms with Gasteiger partial charge in [0.1, 0.15) is 17.7 Å². The van der Waals surface area contributed by atoms with Crippen LogP contribution in [-0.4, -0.2) is 39.7 Å². The van der Waals surface area contributed by atoms with Gasteiger partial charge in [0.2, 0.25) is 5.60 Å². The monoisotopic (exact) mass is 402 g/mol. The van der Waals surface area contributed by atoms with Crippen LogP contribution < -0.4 is 22.1 Å². The van der Waals surface area contributed by atoms with E-state index >= 15 is 0 Å². The lowest BCUT2D eigenvalue weighted by atomic mass is 9.62. The summed E-state index contributed by atoms with van der Waals surface area (Å²) in [5.41, 5.74) is 13.0. The van der Waals surface area contributed by atoms with E-state index in [2.05, 4.69) is 0 Å². The quantitative estimate of drug-likeness (QED) is 0.332. The number of nitrogens with zero attached hydrogens (tertiary/aromatic N) is 1. The normalized spacial score (nSPS) is 33.5. The van der Waals surface area contributed by atoms with Crippen molar-refractivity contribution in [2.45, 2.75) is 81.1 Å². The Kier molecular flexibility index (Phi) is 4.83. The average molecular weight is 402 g/mol. The highest BCUT2D eigenvalue weighted by Gasteiger charge is 2.47. The fourth-order valence-electron chi connectivity index (χ4n) is 4.88. The summed E-state index contributed by atoms with van der Waals surface area (Å²) in [6.45, 7) is 1.42. The molecule has 2 atom stereocenters. The number of hydrogen-bond donors (Lipinski definition) is 4. The molecule has 0 radical (unpaired) electrons. The van der Waals surface area contributed by atoms with E-state index in [-0.39, 0.29) is 11.1 Å². The number of carbonyl (C=O) groups is 1. The van der Waals surface area contributed by atoms with Gasteiger partial charge in [0.25, 0.3) is 0 Å². The van der Waals surface area contributed by atoms with Crippen molar-refractivity contribution >= 4 is 11.8 Å². The minimum absolute atomic E-state index is 0.00340. The number of aryl methyl sites for hydroxylation is 1. The van der Waals surface area contributed by atoms with Crippen molar-refractivity contribution in [3.63, 3.8) is 0 Å². The van der Waals surface area contributed by atoms with Gasteiger partial charge in [-0.15, -0.1) is 0 Å². The molecule has 0 unspecified atom stereocenters. The second-order valence-electron chi connectivity index (χ2n) is 9.08. The molecule has 8 nitrogen and oxygen atoms in total. The summed E-state index contributed by atoms with van der Waals surface area (Å²) in [4.78, 5) is 21.3.